The number of carbonyl (C=O) groups is 2. The molecule has 0 spiro atoms. The Hall–Kier alpha value is -2.81. The quantitative estimate of drug-likeness (QED) is 0.535. The van der Waals surface area contributed by atoms with Crippen molar-refractivity contribution in [1.29, 1.82) is 5.26 Å². The van der Waals surface area contributed by atoms with Crippen molar-refractivity contribution in [3.05, 3.63) is 41.6 Å². The molecular formula is C14H15N3O3. The molecule has 0 heterocycles. The van der Waals surface area contributed by atoms with Crippen molar-refractivity contribution in [2.45, 2.75) is 13.3 Å². The Balaban J connectivity index is 2.67. The third kappa shape index (κ3) is 4.82. The molecule has 3 N–H and O–H groups in total. The summed E-state index contributed by atoms with van der Waals surface area (Å²) in [5.41, 5.74) is 1.73. The maximum Gasteiger partial charge on any atom is 0.322 e. The summed E-state index contributed by atoms with van der Waals surface area (Å²) in [5.74, 6) is -1.90. The second-order valence-electron chi connectivity index (χ2n) is 3.94. The van der Waals surface area contributed by atoms with Gasteiger partial charge in [0.15, 0.2) is 0 Å². The van der Waals surface area contributed by atoms with Crippen LogP contribution in [0.15, 0.2) is 36.0 Å². The van der Waals surface area contributed by atoms with Crippen LogP contribution in [-0.4, -0.2) is 23.5 Å². The van der Waals surface area contributed by atoms with Gasteiger partial charge in [-0.15, -0.1) is 0 Å². The number of nitriles is 1. The molecule has 1 aromatic rings. The van der Waals surface area contributed by atoms with E-state index in [-0.39, 0.29) is 5.57 Å². The number of carboxylic acid groups (broad SMARTS) is 1. The molecular weight excluding hydrogens is 258 g/mol. The Morgan fingerprint density at radius 2 is 2.00 bits per heavy atom. The maximum absolute atomic E-state index is 11.5. The number of carbonyl (C=O) groups excluding carboxylic acids is 1. The molecule has 0 bridgehead atoms. The van der Waals surface area contributed by atoms with Crippen molar-refractivity contribution in [1.82, 2.24) is 5.32 Å². The molecule has 104 valence electrons. The molecule has 0 aliphatic carbocycles. The molecule has 1 rings (SSSR count). The molecule has 0 unspecified atom stereocenters. The lowest BCUT2D eigenvalue weighted by atomic mass is 10.1. The van der Waals surface area contributed by atoms with Gasteiger partial charge in [-0.2, -0.15) is 5.26 Å². The van der Waals surface area contributed by atoms with E-state index < -0.39 is 18.4 Å². The van der Waals surface area contributed by atoms with Crippen LogP contribution < -0.4 is 10.6 Å². The second-order valence-corrected chi connectivity index (χ2v) is 3.94. The fourth-order valence-corrected chi connectivity index (χ4v) is 1.39. The number of amides is 1. The van der Waals surface area contributed by atoms with Gasteiger partial charge in [0, 0.05) is 11.9 Å². The normalized spacial score (nSPS) is 10.5. The van der Waals surface area contributed by atoms with Crippen molar-refractivity contribution >= 4 is 17.6 Å². The number of carboxylic acids is 1. The zero-order chi connectivity index (χ0) is 15.0. The van der Waals surface area contributed by atoms with Gasteiger partial charge < -0.3 is 15.7 Å². The van der Waals surface area contributed by atoms with E-state index in [0.717, 1.165) is 12.1 Å². The molecule has 0 saturated heterocycles. The molecule has 0 radical (unpaired) electrons. The van der Waals surface area contributed by atoms with E-state index in [1.165, 1.54) is 11.8 Å². The van der Waals surface area contributed by atoms with Crippen LogP contribution in [0.5, 0.6) is 0 Å². The number of benzene rings is 1. The fourth-order valence-electron chi connectivity index (χ4n) is 1.39. The van der Waals surface area contributed by atoms with Crippen molar-refractivity contribution in [2.24, 2.45) is 0 Å². The molecule has 1 aromatic carbocycles. The third-order valence-electron chi connectivity index (χ3n) is 2.51. The highest BCUT2D eigenvalue weighted by molar-refractivity contribution is 5.98. The van der Waals surface area contributed by atoms with E-state index in [1.807, 2.05) is 31.2 Å². The Morgan fingerprint density at radius 1 is 1.35 bits per heavy atom. The Morgan fingerprint density at radius 3 is 2.50 bits per heavy atom. The molecule has 20 heavy (non-hydrogen) atoms. The smallest absolute Gasteiger partial charge is 0.322 e. The summed E-state index contributed by atoms with van der Waals surface area (Å²) in [6, 6.07) is 9.25. The van der Waals surface area contributed by atoms with Crippen LogP contribution in [0.1, 0.15) is 12.5 Å². The molecule has 0 saturated carbocycles. The molecule has 0 aliphatic rings. The van der Waals surface area contributed by atoms with Crippen molar-refractivity contribution in [2.75, 3.05) is 11.9 Å². The van der Waals surface area contributed by atoms with Crippen LogP contribution in [0, 0.1) is 11.3 Å². The summed E-state index contributed by atoms with van der Waals surface area (Å²) in [5, 5.41) is 22.2. The van der Waals surface area contributed by atoms with Gasteiger partial charge in [0.2, 0.25) is 0 Å². The van der Waals surface area contributed by atoms with E-state index in [1.54, 1.807) is 6.07 Å². The standard InChI is InChI=1S/C14H15N3O3/c1-2-10-3-5-12(6-4-10)16-8-11(7-15)14(20)17-9-13(18)19/h3-6,8,16H,2,9H2,1H3,(H,17,20)(H,18,19)/b11-8-. The van der Waals surface area contributed by atoms with Gasteiger partial charge in [-0.25, -0.2) is 0 Å². The van der Waals surface area contributed by atoms with Crippen LogP contribution in [0.2, 0.25) is 0 Å². The van der Waals surface area contributed by atoms with Crippen molar-refractivity contribution < 1.29 is 14.7 Å². The van der Waals surface area contributed by atoms with Gasteiger partial charge in [-0.3, -0.25) is 9.59 Å². The lowest BCUT2D eigenvalue weighted by Gasteiger charge is -2.04. The number of nitrogens with zero attached hydrogens (tertiary/aromatic N) is 1. The first-order valence-electron chi connectivity index (χ1n) is 6.02. The minimum atomic E-state index is -1.17. The lowest BCUT2D eigenvalue weighted by Crippen LogP contribution is -2.30. The number of hydrogen-bond donors (Lipinski definition) is 3. The lowest BCUT2D eigenvalue weighted by molar-refractivity contribution is -0.137. The van der Waals surface area contributed by atoms with E-state index in [2.05, 4.69) is 10.6 Å². The number of aliphatic carboxylic acids is 1. The largest absolute Gasteiger partial charge is 0.480 e. The van der Waals surface area contributed by atoms with Crippen LogP contribution >= 0.6 is 0 Å². The van der Waals surface area contributed by atoms with Gasteiger partial charge in [-0.1, -0.05) is 19.1 Å². The fraction of sp³-hybridized carbons (Fsp3) is 0.214. The first kappa shape index (κ1) is 15.2. The molecule has 0 atom stereocenters. The van der Waals surface area contributed by atoms with E-state index in [9.17, 15) is 9.59 Å². The zero-order valence-electron chi connectivity index (χ0n) is 11.0. The van der Waals surface area contributed by atoms with Crippen LogP contribution in [0.4, 0.5) is 5.69 Å². The number of anilines is 1. The molecule has 0 aromatic heterocycles. The average molecular weight is 273 g/mol. The molecule has 6 nitrogen and oxygen atoms in total. The highest BCUT2D eigenvalue weighted by Crippen LogP contribution is 2.10. The zero-order valence-corrected chi connectivity index (χ0v) is 11.0. The monoisotopic (exact) mass is 273 g/mol. The van der Waals surface area contributed by atoms with Crippen molar-refractivity contribution in [3.63, 3.8) is 0 Å². The summed E-state index contributed by atoms with van der Waals surface area (Å²) >= 11 is 0. The van der Waals surface area contributed by atoms with Crippen LogP contribution in [-0.2, 0) is 16.0 Å². The molecule has 1 amide bonds. The summed E-state index contributed by atoms with van der Waals surface area (Å²) in [6.07, 6.45) is 2.18. The van der Waals surface area contributed by atoms with E-state index in [4.69, 9.17) is 10.4 Å². The van der Waals surface area contributed by atoms with Gasteiger partial charge in [0.05, 0.1) is 0 Å². The van der Waals surface area contributed by atoms with Crippen LogP contribution in [0.3, 0.4) is 0 Å². The Bertz CT molecular complexity index is 556. The van der Waals surface area contributed by atoms with Gasteiger partial charge in [0.25, 0.3) is 5.91 Å². The predicted molar refractivity (Wildman–Crippen MR) is 73.8 cm³/mol. The summed E-state index contributed by atoms with van der Waals surface area (Å²) in [4.78, 5) is 21.8. The number of nitrogens with one attached hydrogen (secondary N) is 2. The second kappa shape index (κ2) is 7.59. The summed E-state index contributed by atoms with van der Waals surface area (Å²) in [7, 11) is 0. The SMILES string of the molecule is CCc1ccc(N/C=C(/C#N)C(=O)NCC(=O)O)cc1. The average Bonchev–Trinajstić information content (AvgIpc) is 2.46. The van der Waals surface area contributed by atoms with Gasteiger partial charge in [0.1, 0.15) is 18.2 Å². The predicted octanol–water partition coefficient (Wildman–Crippen LogP) is 1.27. The van der Waals surface area contributed by atoms with E-state index in [0.29, 0.717) is 0 Å². The number of aryl methyl sites for hydroxylation is 1. The third-order valence-corrected chi connectivity index (χ3v) is 2.51. The molecule has 6 heteroatoms. The molecule has 0 fully saturated rings. The Kier molecular flexibility index (Phi) is 5.78. The van der Waals surface area contributed by atoms with E-state index >= 15 is 0 Å². The highest BCUT2D eigenvalue weighted by Gasteiger charge is 2.09. The first-order valence-corrected chi connectivity index (χ1v) is 6.02. The number of hydrogen-bond acceptors (Lipinski definition) is 4. The number of rotatable bonds is 6. The maximum atomic E-state index is 11.5. The molecule has 0 aliphatic heterocycles. The highest BCUT2D eigenvalue weighted by atomic mass is 16.4. The minimum Gasteiger partial charge on any atom is -0.480 e. The van der Waals surface area contributed by atoms with Gasteiger partial charge >= 0.3 is 5.97 Å². The summed E-state index contributed by atoms with van der Waals surface area (Å²) < 4.78 is 0. The van der Waals surface area contributed by atoms with Crippen LogP contribution in [0.25, 0.3) is 0 Å². The van der Waals surface area contributed by atoms with Gasteiger partial charge in [-0.05, 0) is 24.1 Å². The van der Waals surface area contributed by atoms with Crippen molar-refractivity contribution in [3.8, 4) is 6.07 Å². The first-order chi connectivity index (χ1) is 9.56. The summed E-state index contributed by atoms with van der Waals surface area (Å²) in [6.45, 7) is 1.52. The topological polar surface area (TPSA) is 102 Å². The Labute approximate surface area is 116 Å². The minimum absolute atomic E-state index is 0.189.